The van der Waals surface area contributed by atoms with E-state index < -0.39 is 23.5 Å². The Labute approximate surface area is 217 Å². The molecule has 0 amide bonds. The average molecular weight is 541 g/mol. The van der Waals surface area contributed by atoms with Gasteiger partial charge in [0.25, 0.3) is 5.95 Å². The number of fused-ring (bicyclic) bond motifs is 1. The van der Waals surface area contributed by atoms with Crippen LogP contribution in [-0.2, 0) is 17.5 Å². The predicted octanol–water partition coefficient (Wildman–Crippen LogP) is 4.47. The van der Waals surface area contributed by atoms with Crippen molar-refractivity contribution in [1.82, 2.24) is 34.5 Å². The Morgan fingerprint density at radius 2 is 1.87 bits per heavy atom. The van der Waals surface area contributed by atoms with E-state index in [0.29, 0.717) is 22.7 Å². The highest BCUT2D eigenvalue weighted by Gasteiger charge is 2.31. The van der Waals surface area contributed by atoms with E-state index >= 15 is 0 Å². The van der Waals surface area contributed by atoms with E-state index in [-0.39, 0.29) is 41.8 Å². The zero-order valence-corrected chi connectivity index (χ0v) is 20.5. The average Bonchev–Trinajstić information content (AvgIpc) is 3.56. The zero-order chi connectivity index (χ0) is 27.7. The number of carbonyl (C=O) groups excluding carboxylic acids is 1. The molecule has 0 bridgehead atoms. The Bertz CT molecular complexity index is 1660. The quantitative estimate of drug-likeness (QED) is 0.219. The Balaban J connectivity index is 1.42. The van der Waals surface area contributed by atoms with Gasteiger partial charge in [-0.05, 0) is 36.8 Å². The molecule has 4 aromatic heterocycles. The molecule has 0 aliphatic rings. The lowest BCUT2D eigenvalue weighted by Crippen LogP contribution is -2.08. The first-order valence-electron chi connectivity index (χ1n) is 11.5. The van der Waals surface area contributed by atoms with Crippen molar-refractivity contribution in [1.29, 1.82) is 0 Å². The molecule has 0 saturated carbocycles. The molecular weight excluding hydrogens is 522 g/mol. The number of nitrogens with zero attached hydrogens (tertiary/aromatic N) is 7. The van der Waals surface area contributed by atoms with Crippen LogP contribution < -0.4 is 4.74 Å². The van der Waals surface area contributed by atoms with E-state index in [4.69, 9.17) is 9.47 Å². The molecule has 39 heavy (non-hydrogen) atoms. The van der Waals surface area contributed by atoms with Gasteiger partial charge in [-0.1, -0.05) is 6.07 Å². The van der Waals surface area contributed by atoms with Crippen molar-refractivity contribution in [3.63, 3.8) is 0 Å². The molecule has 0 unspecified atom stereocenters. The van der Waals surface area contributed by atoms with Gasteiger partial charge in [0.05, 0.1) is 49.5 Å². The summed E-state index contributed by atoms with van der Waals surface area (Å²) >= 11 is 0. The van der Waals surface area contributed by atoms with Crippen molar-refractivity contribution in [2.45, 2.75) is 19.6 Å². The minimum atomic E-state index is -4.61. The number of pyridine rings is 1. The SMILES string of the molecule is CCOC(=O)c1cnn(-c2nc(OC)c3c(cnn3Cc3ccc(-c4cc(C(F)(F)F)ccc4F)nc3)n2)c1. The van der Waals surface area contributed by atoms with Crippen LogP contribution in [0.25, 0.3) is 28.2 Å². The highest BCUT2D eigenvalue weighted by molar-refractivity contribution is 5.88. The number of rotatable bonds is 7. The minimum absolute atomic E-state index is 0.0552. The van der Waals surface area contributed by atoms with Gasteiger partial charge in [0.1, 0.15) is 16.9 Å². The summed E-state index contributed by atoms with van der Waals surface area (Å²) in [5.41, 5.74) is 0.594. The summed E-state index contributed by atoms with van der Waals surface area (Å²) < 4.78 is 66.8. The normalized spacial score (nSPS) is 11.6. The third-order valence-electron chi connectivity index (χ3n) is 5.66. The van der Waals surface area contributed by atoms with Crippen molar-refractivity contribution in [2.75, 3.05) is 13.7 Å². The second-order valence-corrected chi connectivity index (χ2v) is 8.21. The third kappa shape index (κ3) is 5.12. The number of ether oxygens (including phenoxy) is 2. The highest BCUT2D eigenvalue weighted by atomic mass is 19.4. The van der Waals surface area contributed by atoms with Gasteiger partial charge in [0.2, 0.25) is 5.88 Å². The van der Waals surface area contributed by atoms with Crippen LogP contribution >= 0.6 is 0 Å². The molecule has 0 saturated heterocycles. The summed E-state index contributed by atoms with van der Waals surface area (Å²) in [4.78, 5) is 24.9. The van der Waals surface area contributed by atoms with Crippen molar-refractivity contribution in [2.24, 2.45) is 0 Å². The van der Waals surface area contributed by atoms with E-state index in [1.165, 1.54) is 42.6 Å². The van der Waals surface area contributed by atoms with Gasteiger partial charge in [0.15, 0.2) is 0 Å². The molecule has 200 valence electrons. The van der Waals surface area contributed by atoms with Gasteiger partial charge in [-0.3, -0.25) is 9.67 Å². The number of hydrogen-bond donors (Lipinski definition) is 0. The van der Waals surface area contributed by atoms with Crippen LogP contribution in [0.3, 0.4) is 0 Å². The van der Waals surface area contributed by atoms with Crippen molar-refractivity contribution < 1.29 is 31.8 Å². The van der Waals surface area contributed by atoms with E-state index in [1.807, 2.05) is 0 Å². The summed E-state index contributed by atoms with van der Waals surface area (Å²) in [5, 5.41) is 8.46. The van der Waals surface area contributed by atoms with Crippen molar-refractivity contribution in [3.05, 3.63) is 77.6 Å². The number of aromatic nitrogens is 7. The molecular formula is C25H19F4N7O3. The first kappa shape index (κ1) is 25.8. The van der Waals surface area contributed by atoms with Crippen LogP contribution in [0.5, 0.6) is 5.88 Å². The fourth-order valence-electron chi connectivity index (χ4n) is 3.82. The summed E-state index contributed by atoms with van der Waals surface area (Å²) in [6, 6.07) is 5.23. The Hall–Kier alpha value is -4.88. The van der Waals surface area contributed by atoms with Gasteiger partial charge in [-0.2, -0.15) is 28.4 Å². The lowest BCUT2D eigenvalue weighted by atomic mass is 10.1. The molecule has 5 aromatic rings. The van der Waals surface area contributed by atoms with Crippen LogP contribution in [0.1, 0.15) is 28.4 Å². The summed E-state index contributed by atoms with van der Waals surface area (Å²) in [6.07, 6.45) is 1.08. The van der Waals surface area contributed by atoms with E-state index in [9.17, 15) is 22.4 Å². The van der Waals surface area contributed by atoms with Crippen LogP contribution in [0.4, 0.5) is 17.6 Å². The number of halogens is 4. The second-order valence-electron chi connectivity index (χ2n) is 8.21. The third-order valence-corrected chi connectivity index (χ3v) is 5.66. The maximum atomic E-state index is 14.3. The zero-order valence-electron chi connectivity index (χ0n) is 20.5. The standard InChI is InChI=1S/C25H19F4N7O3/c1-3-39-23(37)15-10-31-36(13-15)24-33-20-11-32-35(21(20)22(34-24)38-2)12-14-4-7-19(30-9-14)17-8-16(25(27,28)29)5-6-18(17)26/h4-11,13H,3,12H2,1-2H3. The Kier molecular flexibility index (Phi) is 6.68. The molecule has 0 spiro atoms. The first-order valence-corrected chi connectivity index (χ1v) is 11.5. The summed E-state index contributed by atoms with van der Waals surface area (Å²) in [7, 11) is 1.43. The van der Waals surface area contributed by atoms with Crippen LogP contribution in [0, 0.1) is 5.82 Å². The Morgan fingerprint density at radius 1 is 1.05 bits per heavy atom. The molecule has 10 nitrogen and oxygen atoms in total. The van der Waals surface area contributed by atoms with Gasteiger partial charge in [0, 0.05) is 18.0 Å². The molecule has 0 aliphatic carbocycles. The number of hydrogen-bond acceptors (Lipinski definition) is 8. The van der Waals surface area contributed by atoms with Gasteiger partial charge in [-0.25, -0.2) is 18.9 Å². The number of esters is 1. The molecule has 1 aromatic carbocycles. The second kappa shape index (κ2) is 10.1. The van der Waals surface area contributed by atoms with E-state index in [2.05, 4.69) is 25.1 Å². The van der Waals surface area contributed by atoms with Crippen LogP contribution in [-0.4, -0.2) is 54.2 Å². The Morgan fingerprint density at radius 3 is 2.56 bits per heavy atom. The molecule has 0 N–H and O–H groups in total. The maximum absolute atomic E-state index is 14.3. The number of benzene rings is 1. The number of alkyl halides is 3. The molecule has 0 aliphatic heterocycles. The van der Waals surface area contributed by atoms with Crippen molar-refractivity contribution in [3.8, 4) is 23.1 Å². The topological polar surface area (TPSA) is 110 Å². The molecule has 5 rings (SSSR count). The summed E-state index contributed by atoms with van der Waals surface area (Å²) in [5.74, 6) is -1.01. The van der Waals surface area contributed by atoms with Crippen LogP contribution in [0.15, 0.2) is 55.1 Å². The number of carbonyl (C=O) groups is 1. The fraction of sp³-hybridized carbons (Fsp3) is 0.200. The van der Waals surface area contributed by atoms with Crippen molar-refractivity contribution >= 4 is 17.0 Å². The molecule has 4 heterocycles. The summed E-state index contributed by atoms with van der Waals surface area (Å²) in [6.45, 7) is 2.11. The largest absolute Gasteiger partial charge is 0.479 e. The van der Waals surface area contributed by atoms with E-state index in [1.54, 1.807) is 17.7 Å². The molecule has 0 radical (unpaired) electrons. The smallest absolute Gasteiger partial charge is 0.416 e. The molecule has 0 fully saturated rings. The van der Waals surface area contributed by atoms with Gasteiger partial charge in [-0.15, -0.1) is 0 Å². The molecule has 0 atom stereocenters. The maximum Gasteiger partial charge on any atom is 0.416 e. The first-order chi connectivity index (χ1) is 18.7. The minimum Gasteiger partial charge on any atom is -0.479 e. The number of methoxy groups -OCH3 is 1. The highest BCUT2D eigenvalue weighted by Crippen LogP contribution is 2.33. The molecule has 14 heteroatoms. The van der Waals surface area contributed by atoms with Gasteiger partial charge >= 0.3 is 12.1 Å². The lowest BCUT2D eigenvalue weighted by molar-refractivity contribution is -0.137. The predicted molar refractivity (Wildman–Crippen MR) is 129 cm³/mol. The van der Waals surface area contributed by atoms with E-state index in [0.717, 1.165) is 12.1 Å². The van der Waals surface area contributed by atoms with Gasteiger partial charge < -0.3 is 9.47 Å². The fourth-order valence-corrected chi connectivity index (χ4v) is 3.82. The van der Waals surface area contributed by atoms with Crippen LogP contribution in [0.2, 0.25) is 0 Å². The lowest BCUT2D eigenvalue weighted by Gasteiger charge is -2.11. The monoisotopic (exact) mass is 541 g/mol.